The molecular formula is C14H19N3O. The summed E-state index contributed by atoms with van der Waals surface area (Å²) in [6, 6.07) is 8.11. The molecule has 0 aliphatic heterocycles. The third-order valence-electron chi connectivity index (χ3n) is 2.89. The maximum absolute atomic E-state index is 5.25. The summed E-state index contributed by atoms with van der Waals surface area (Å²) in [6.07, 6.45) is 0. The number of hydrogen-bond acceptors (Lipinski definition) is 4. The molecule has 0 amide bonds. The number of nitrogens with one attached hydrogen (secondary N) is 1. The highest BCUT2D eigenvalue weighted by Crippen LogP contribution is 2.28. The zero-order valence-corrected chi connectivity index (χ0v) is 11.3. The van der Waals surface area contributed by atoms with E-state index in [-0.39, 0.29) is 0 Å². The zero-order valence-electron chi connectivity index (χ0n) is 11.3. The first-order valence-electron chi connectivity index (χ1n) is 5.95. The molecule has 1 aromatic carbocycles. The van der Waals surface area contributed by atoms with Crippen LogP contribution in [0.15, 0.2) is 24.3 Å². The third kappa shape index (κ3) is 2.38. The van der Waals surface area contributed by atoms with Gasteiger partial charge in [-0.1, -0.05) is 0 Å². The van der Waals surface area contributed by atoms with Gasteiger partial charge in [0.2, 0.25) is 0 Å². The molecule has 0 aliphatic rings. The van der Waals surface area contributed by atoms with Crippen molar-refractivity contribution in [3.63, 3.8) is 0 Å². The van der Waals surface area contributed by atoms with Crippen molar-refractivity contribution in [2.45, 2.75) is 6.54 Å². The number of ether oxygens (including phenoxy) is 1. The van der Waals surface area contributed by atoms with Gasteiger partial charge in [-0.3, -0.25) is 4.98 Å². The molecule has 0 saturated heterocycles. The van der Waals surface area contributed by atoms with E-state index in [1.165, 1.54) is 5.69 Å². The Hall–Kier alpha value is -1.81. The molecular weight excluding hydrogens is 226 g/mol. The first-order chi connectivity index (χ1) is 8.65. The summed E-state index contributed by atoms with van der Waals surface area (Å²) in [5.41, 5.74) is 3.17. The van der Waals surface area contributed by atoms with Crippen molar-refractivity contribution in [2.75, 3.05) is 33.2 Å². The van der Waals surface area contributed by atoms with E-state index < -0.39 is 0 Å². The number of anilines is 1. The minimum Gasteiger partial charge on any atom is -0.497 e. The van der Waals surface area contributed by atoms with Crippen LogP contribution in [0.5, 0.6) is 5.75 Å². The van der Waals surface area contributed by atoms with Crippen LogP contribution in [0.2, 0.25) is 0 Å². The van der Waals surface area contributed by atoms with E-state index in [0.717, 1.165) is 28.9 Å². The van der Waals surface area contributed by atoms with Gasteiger partial charge < -0.3 is 15.0 Å². The molecule has 96 valence electrons. The Labute approximate surface area is 108 Å². The summed E-state index contributed by atoms with van der Waals surface area (Å²) in [5.74, 6) is 0.835. The Bertz CT molecular complexity index is 552. The predicted molar refractivity (Wildman–Crippen MR) is 75.4 cm³/mol. The van der Waals surface area contributed by atoms with Crippen molar-refractivity contribution < 1.29 is 4.74 Å². The lowest BCUT2D eigenvalue weighted by atomic mass is 10.1. The van der Waals surface area contributed by atoms with Gasteiger partial charge in [0, 0.05) is 37.8 Å². The molecule has 0 radical (unpaired) electrons. The largest absolute Gasteiger partial charge is 0.497 e. The van der Waals surface area contributed by atoms with Gasteiger partial charge >= 0.3 is 0 Å². The molecule has 4 heteroatoms. The van der Waals surface area contributed by atoms with Gasteiger partial charge in [0.1, 0.15) is 5.75 Å². The molecule has 2 rings (SSSR count). The number of rotatable bonds is 4. The average Bonchev–Trinajstić information content (AvgIpc) is 2.37. The molecule has 18 heavy (non-hydrogen) atoms. The third-order valence-corrected chi connectivity index (χ3v) is 2.89. The Morgan fingerprint density at radius 2 is 2.06 bits per heavy atom. The fraction of sp³-hybridized carbons (Fsp3) is 0.357. The summed E-state index contributed by atoms with van der Waals surface area (Å²) in [6.45, 7) is 0.758. The second-order valence-electron chi connectivity index (χ2n) is 4.44. The summed E-state index contributed by atoms with van der Waals surface area (Å²) in [7, 11) is 7.68. The second-order valence-corrected chi connectivity index (χ2v) is 4.44. The summed E-state index contributed by atoms with van der Waals surface area (Å²) < 4.78 is 5.25. The molecule has 1 aromatic heterocycles. The van der Waals surface area contributed by atoms with Gasteiger partial charge in [0.25, 0.3) is 0 Å². The summed E-state index contributed by atoms with van der Waals surface area (Å²) in [4.78, 5) is 6.75. The van der Waals surface area contributed by atoms with E-state index in [4.69, 9.17) is 4.74 Å². The normalized spacial score (nSPS) is 10.7. The molecule has 1 heterocycles. The summed E-state index contributed by atoms with van der Waals surface area (Å²) >= 11 is 0. The van der Waals surface area contributed by atoms with E-state index in [1.54, 1.807) is 7.11 Å². The molecule has 0 bridgehead atoms. The van der Waals surface area contributed by atoms with Crippen molar-refractivity contribution in [3.05, 3.63) is 30.0 Å². The van der Waals surface area contributed by atoms with Gasteiger partial charge in [-0.2, -0.15) is 0 Å². The Morgan fingerprint density at radius 1 is 1.28 bits per heavy atom. The number of nitrogens with zero attached hydrogens (tertiary/aromatic N) is 2. The lowest BCUT2D eigenvalue weighted by Gasteiger charge is -2.17. The Morgan fingerprint density at radius 3 is 2.67 bits per heavy atom. The molecule has 0 unspecified atom stereocenters. The topological polar surface area (TPSA) is 37.4 Å². The van der Waals surface area contributed by atoms with Crippen LogP contribution in [0.4, 0.5) is 5.69 Å². The highest BCUT2D eigenvalue weighted by atomic mass is 16.5. The molecule has 0 atom stereocenters. The minimum atomic E-state index is 0.758. The summed E-state index contributed by atoms with van der Waals surface area (Å²) in [5, 5.41) is 4.27. The van der Waals surface area contributed by atoms with Crippen molar-refractivity contribution in [2.24, 2.45) is 0 Å². The number of hydrogen-bond donors (Lipinski definition) is 1. The molecule has 0 spiro atoms. The highest BCUT2D eigenvalue weighted by molar-refractivity contribution is 5.92. The van der Waals surface area contributed by atoms with E-state index in [9.17, 15) is 0 Å². The monoisotopic (exact) mass is 245 g/mol. The van der Waals surface area contributed by atoms with Gasteiger partial charge in [-0.05, 0) is 25.2 Å². The van der Waals surface area contributed by atoms with Crippen LogP contribution in [-0.2, 0) is 6.54 Å². The zero-order chi connectivity index (χ0) is 13.1. The highest BCUT2D eigenvalue weighted by Gasteiger charge is 2.08. The number of methoxy groups -OCH3 is 1. The number of pyridine rings is 1. The predicted octanol–water partition coefficient (Wildman–Crippen LogP) is 2.03. The molecule has 4 nitrogen and oxygen atoms in total. The molecule has 0 aliphatic carbocycles. The quantitative estimate of drug-likeness (QED) is 0.894. The lowest BCUT2D eigenvalue weighted by Crippen LogP contribution is -2.12. The molecule has 0 saturated carbocycles. The lowest BCUT2D eigenvalue weighted by molar-refractivity contribution is 0.415. The maximum Gasteiger partial charge on any atom is 0.121 e. The van der Waals surface area contributed by atoms with Crippen molar-refractivity contribution >= 4 is 16.6 Å². The smallest absolute Gasteiger partial charge is 0.121 e. The van der Waals surface area contributed by atoms with Crippen LogP contribution >= 0.6 is 0 Å². The first kappa shape index (κ1) is 12.6. The van der Waals surface area contributed by atoms with Crippen LogP contribution in [0.3, 0.4) is 0 Å². The van der Waals surface area contributed by atoms with Crippen LogP contribution in [0, 0.1) is 0 Å². The second kappa shape index (κ2) is 5.23. The van der Waals surface area contributed by atoms with E-state index in [2.05, 4.69) is 27.3 Å². The van der Waals surface area contributed by atoms with Crippen LogP contribution in [-0.4, -0.2) is 33.2 Å². The van der Waals surface area contributed by atoms with E-state index in [0.29, 0.717) is 0 Å². The van der Waals surface area contributed by atoms with Crippen molar-refractivity contribution in [3.8, 4) is 5.75 Å². The standard InChI is InChI=1S/C14H19N3O/c1-15-9-10-7-14(17(2)3)12-6-5-11(18-4)8-13(12)16-10/h5-8,15H,9H2,1-4H3. The SMILES string of the molecule is CNCc1cc(N(C)C)c2ccc(OC)cc2n1. The van der Waals surface area contributed by atoms with Crippen LogP contribution < -0.4 is 15.0 Å². The minimum absolute atomic E-state index is 0.758. The fourth-order valence-electron chi connectivity index (χ4n) is 2.01. The number of fused-ring (bicyclic) bond motifs is 1. The van der Waals surface area contributed by atoms with Crippen LogP contribution in [0.1, 0.15) is 5.69 Å². The van der Waals surface area contributed by atoms with Gasteiger partial charge in [0.15, 0.2) is 0 Å². The number of aromatic nitrogens is 1. The molecule has 0 fully saturated rings. The van der Waals surface area contributed by atoms with E-state index in [1.807, 2.05) is 33.3 Å². The van der Waals surface area contributed by atoms with Gasteiger partial charge in [0.05, 0.1) is 18.3 Å². The van der Waals surface area contributed by atoms with E-state index >= 15 is 0 Å². The molecule has 1 N–H and O–H groups in total. The van der Waals surface area contributed by atoms with Crippen molar-refractivity contribution in [1.29, 1.82) is 0 Å². The van der Waals surface area contributed by atoms with Gasteiger partial charge in [-0.15, -0.1) is 0 Å². The van der Waals surface area contributed by atoms with Gasteiger partial charge in [-0.25, -0.2) is 0 Å². The molecule has 2 aromatic rings. The Kier molecular flexibility index (Phi) is 3.67. The first-order valence-corrected chi connectivity index (χ1v) is 5.95. The number of benzene rings is 1. The Balaban J connectivity index is 2.64. The maximum atomic E-state index is 5.25. The fourth-order valence-corrected chi connectivity index (χ4v) is 2.01. The van der Waals surface area contributed by atoms with Crippen molar-refractivity contribution in [1.82, 2.24) is 10.3 Å². The average molecular weight is 245 g/mol. The van der Waals surface area contributed by atoms with Crippen LogP contribution in [0.25, 0.3) is 10.9 Å².